The van der Waals surface area contributed by atoms with Gasteiger partial charge in [0.05, 0.1) is 5.56 Å². The zero-order chi connectivity index (χ0) is 24.8. The Bertz CT molecular complexity index is 1070. The van der Waals surface area contributed by atoms with Gasteiger partial charge in [-0.2, -0.15) is 0 Å². The summed E-state index contributed by atoms with van der Waals surface area (Å²) in [4.78, 5) is 18.3. The van der Waals surface area contributed by atoms with Gasteiger partial charge >= 0.3 is 6.09 Å². The van der Waals surface area contributed by atoms with Crippen LogP contribution in [0.1, 0.15) is 77.1 Å². The summed E-state index contributed by atoms with van der Waals surface area (Å²) in [6.07, 6.45) is 8.28. The third-order valence-corrected chi connectivity index (χ3v) is 9.51. The molecule has 2 aromatic heterocycles. The van der Waals surface area contributed by atoms with Crippen LogP contribution in [0, 0.1) is 0 Å². The summed E-state index contributed by atoms with van der Waals surface area (Å²) in [5.74, 6) is 0. The Kier molecular flexibility index (Phi) is 6.47. The van der Waals surface area contributed by atoms with Crippen LogP contribution in [-0.4, -0.2) is 61.6 Å². The van der Waals surface area contributed by atoms with E-state index in [4.69, 9.17) is 16.3 Å². The van der Waals surface area contributed by atoms with Crippen LogP contribution in [0.2, 0.25) is 5.15 Å². The maximum absolute atomic E-state index is 12.2. The third-order valence-electron chi connectivity index (χ3n) is 8.10. The molecule has 3 heterocycles. The number of pyridine rings is 1. The first-order valence-corrected chi connectivity index (χ1v) is 13.7. The summed E-state index contributed by atoms with van der Waals surface area (Å²) in [5, 5.41) is 25.3. The van der Waals surface area contributed by atoms with Crippen molar-refractivity contribution in [1.29, 1.82) is 0 Å². The molecule has 0 radical (unpaired) electrons. The van der Waals surface area contributed by atoms with E-state index in [2.05, 4.69) is 20.5 Å². The van der Waals surface area contributed by atoms with Gasteiger partial charge in [0, 0.05) is 47.6 Å². The number of carbonyl (C=O) groups is 1. The van der Waals surface area contributed by atoms with Gasteiger partial charge in [0.15, 0.2) is 5.01 Å². The summed E-state index contributed by atoms with van der Waals surface area (Å²) in [6.45, 7) is 7.50. The molecule has 1 amide bonds. The van der Waals surface area contributed by atoms with Crippen molar-refractivity contribution in [2.24, 2.45) is 0 Å². The van der Waals surface area contributed by atoms with E-state index in [0.717, 1.165) is 85.8 Å². The molecule has 190 valence electrons. The van der Waals surface area contributed by atoms with Gasteiger partial charge in [-0.1, -0.05) is 22.9 Å². The Hall–Kier alpha value is -1.97. The second-order valence-electron chi connectivity index (χ2n) is 11.3. The molecule has 35 heavy (non-hydrogen) atoms. The van der Waals surface area contributed by atoms with E-state index in [-0.39, 0.29) is 11.0 Å². The molecule has 1 aliphatic heterocycles. The molecule has 0 unspecified atom stereocenters. The lowest BCUT2D eigenvalue weighted by Gasteiger charge is -2.59. The number of hydrogen-bond donors (Lipinski definition) is 2. The van der Waals surface area contributed by atoms with Crippen molar-refractivity contribution in [3.05, 3.63) is 22.4 Å². The van der Waals surface area contributed by atoms with Crippen LogP contribution < -0.4 is 5.32 Å². The largest absolute Gasteiger partial charge is 0.465 e. The summed E-state index contributed by atoms with van der Waals surface area (Å²) < 4.78 is 5.49. The number of ether oxygens (including phenoxy) is 1. The van der Waals surface area contributed by atoms with Crippen LogP contribution in [0.15, 0.2) is 12.3 Å². The molecule has 2 bridgehead atoms. The molecule has 3 aliphatic carbocycles. The van der Waals surface area contributed by atoms with Crippen molar-refractivity contribution >= 4 is 34.7 Å². The first-order chi connectivity index (χ1) is 16.6. The highest BCUT2D eigenvalue weighted by Crippen LogP contribution is 2.57. The van der Waals surface area contributed by atoms with E-state index in [1.165, 1.54) is 0 Å². The molecule has 4 fully saturated rings. The lowest BCUT2D eigenvalue weighted by molar-refractivity contribution is -0.0541. The molecule has 0 atom stereocenters. The molecule has 4 aliphatic rings. The molecule has 2 N–H and O–H groups in total. The smallest absolute Gasteiger partial charge is 0.408 e. The Balaban J connectivity index is 1.38. The number of fused-ring (bicyclic) bond motifs is 3. The number of amides is 1. The molecule has 8 nitrogen and oxygen atoms in total. The predicted octanol–water partition coefficient (Wildman–Crippen LogP) is 5.97. The number of nitrogens with zero attached hydrogens (tertiary/aromatic N) is 4. The number of nitrogens with one attached hydrogen (secondary N) is 1. The molecular formula is C25H34ClN5O3S. The second-order valence-corrected chi connectivity index (χ2v) is 12.7. The monoisotopic (exact) mass is 519 g/mol. The Morgan fingerprint density at radius 1 is 1.17 bits per heavy atom. The number of rotatable bonds is 5. The van der Waals surface area contributed by atoms with Gasteiger partial charge < -0.3 is 15.2 Å². The first-order valence-electron chi connectivity index (χ1n) is 12.5. The Morgan fingerprint density at radius 2 is 1.83 bits per heavy atom. The van der Waals surface area contributed by atoms with Gasteiger partial charge in [0.1, 0.15) is 10.2 Å². The van der Waals surface area contributed by atoms with E-state index in [1.54, 1.807) is 22.4 Å². The summed E-state index contributed by atoms with van der Waals surface area (Å²) in [7, 11) is 0. The van der Waals surface area contributed by atoms with Gasteiger partial charge in [-0.3, -0.25) is 4.90 Å². The summed E-state index contributed by atoms with van der Waals surface area (Å²) in [5.41, 5.74) is 1.14. The topological polar surface area (TPSA) is 100 Å². The van der Waals surface area contributed by atoms with Gasteiger partial charge in [0.25, 0.3) is 0 Å². The van der Waals surface area contributed by atoms with E-state index in [9.17, 15) is 9.90 Å². The lowest BCUT2D eigenvalue weighted by atomic mass is 9.56. The van der Waals surface area contributed by atoms with E-state index in [1.807, 2.05) is 26.8 Å². The van der Waals surface area contributed by atoms with Crippen LogP contribution in [0.25, 0.3) is 10.6 Å². The number of anilines is 1. The summed E-state index contributed by atoms with van der Waals surface area (Å²) in [6, 6.07) is 2.20. The SMILES string of the molecule is CC(C)(C)N(C(=O)O)C12CCC(c3nnc(-c4cnc(Cl)cc4NC4CCOCC4)s3)(CC1)CC2. The molecule has 6 rings (SSSR count). The van der Waals surface area contributed by atoms with E-state index >= 15 is 0 Å². The fourth-order valence-electron chi connectivity index (χ4n) is 6.35. The minimum atomic E-state index is -0.815. The number of carboxylic acid groups (broad SMARTS) is 1. The minimum Gasteiger partial charge on any atom is -0.465 e. The molecule has 0 aromatic carbocycles. The Labute approximate surface area is 215 Å². The van der Waals surface area contributed by atoms with Gasteiger partial charge in [-0.15, -0.1) is 10.2 Å². The summed E-state index contributed by atoms with van der Waals surface area (Å²) >= 11 is 7.88. The highest BCUT2D eigenvalue weighted by molar-refractivity contribution is 7.14. The molecule has 2 aromatic rings. The maximum Gasteiger partial charge on any atom is 0.408 e. The van der Waals surface area contributed by atoms with Crippen LogP contribution in [-0.2, 0) is 10.2 Å². The normalized spacial score (nSPS) is 27.1. The molecular weight excluding hydrogens is 486 g/mol. The lowest BCUT2D eigenvalue weighted by Crippen LogP contribution is -2.64. The van der Waals surface area contributed by atoms with Crippen LogP contribution in [0.4, 0.5) is 10.5 Å². The van der Waals surface area contributed by atoms with Crippen molar-refractivity contribution < 1.29 is 14.6 Å². The second kappa shape index (κ2) is 9.16. The zero-order valence-electron chi connectivity index (χ0n) is 20.6. The maximum atomic E-state index is 12.2. The van der Waals surface area contributed by atoms with Crippen molar-refractivity contribution in [2.45, 2.75) is 94.7 Å². The van der Waals surface area contributed by atoms with E-state index < -0.39 is 11.6 Å². The number of aromatic nitrogens is 3. The highest BCUT2D eigenvalue weighted by atomic mass is 35.5. The van der Waals surface area contributed by atoms with Crippen molar-refractivity contribution in [1.82, 2.24) is 20.1 Å². The minimum absolute atomic E-state index is 0.0200. The highest BCUT2D eigenvalue weighted by Gasteiger charge is 2.56. The Morgan fingerprint density at radius 3 is 2.43 bits per heavy atom. The van der Waals surface area contributed by atoms with Crippen LogP contribution in [0.5, 0.6) is 0 Å². The molecule has 3 saturated carbocycles. The third kappa shape index (κ3) is 4.62. The molecule has 1 saturated heterocycles. The quantitative estimate of drug-likeness (QED) is 0.469. The zero-order valence-corrected chi connectivity index (χ0v) is 22.2. The standard InChI is InChI=1S/C25H34ClN5O3S/c1-23(2,3)31(22(32)33)25-9-6-24(7-10-25,8-11-25)21-30-29-20(35-21)17-15-27-19(26)14-18(17)28-16-4-12-34-13-5-16/h14-16H,4-13H2,1-3H3,(H,27,28)(H,32,33). The van der Waals surface area contributed by atoms with Gasteiger partial charge in [0.2, 0.25) is 0 Å². The van der Waals surface area contributed by atoms with Crippen molar-refractivity contribution in [2.75, 3.05) is 18.5 Å². The average molecular weight is 520 g/mol. The molecule has 0 spiro atoms. The molecule has 10 heteroatoms. The van der Waals surface area contributed by atoms with E-state index in [0.29, 0.717) is 11.2 Å². The van der Waals surface area contributed by atoms with Crippen molar-refractivity contribution in [3.63, 3.8) is 0 Å². The van der Waals surface area contributed by atoms with Crippen LogP contribution >= 0.6 is 22.9 Å². The van der Waals surface area contributed by atoms with Crippen LogP contribution in [0.3, 0.4) is 0 Å². The van der Waals surface area contributed by atoms with Gasteiger partial charge in [-0.25, -0.2) is 9.78 Å². The fourth-order valence-corrected chi connectivity index (χ4v) is 7.65. The number of hydrogen-bond acceptors (Lipinski definition) is 7. The predicted molar refractivity (Wildman–Crippen MR) is 137 cm³/mol. The number of halogens is 1. The fraction of sp³-hybridized carbons (Fsp3) is 0.680. The first kappa shape index (κ1) is 24.7. The van der Waals surface area contributed by atoms with Crippen molar-refractivity contribution in [3.8, 4) is 10.6 Å². The van der Waals surface area contributed by atoms with Gasteiger partial charge in [-0.05, 0) is 78.2 Å². The average Bonchev–Trinajstić information content (AvgIpc) is 3.31.